The van der Waals surface area contributed by atoms with Gasteiger partial charge >= 0.3 is 6.03 Å². The highest BCUT2D eigenvalue weighted by atomic mass is 35.5. The summed E-state index contributed by atoms with van der Waals surface area (Å²) < 4.78 is 13.1. The van der Waals surface area contributed by atoms with E-state index in [0.29, 0.717) is 16.6 Å². The predicted molar refractivity (Wildman–Crippen MR) is 70.4 cm³/mol. The average molecular weight is 271 g/mol. The Kier molecular flexibility index (Phi) is 4.07. The number of hydrogen-bond donors (Lipinski definition) is 1. The van der Waals surface area contributed by atoms with E-state index in [9.17, 15) is 9.18 Å². The number of carbonyl (C=O) groups excluding carboxylic acids is 1. The van der Waals surface area contributed by atoms with Crippen molar-refractivity contribution in [2.75, 3.05) is 18.4 Å². The predicted octanol–water partition coefficient (Wildman–Crippen LogP) is 3.74. The molecular weight excluding hydrogens is 255 g/mol. The van der Waals surface area contributed by atoms with Crippen molar-refractivity contribution in [3.8, 4) is 0 Å². The summed E-state index contributed by atoms with van der Waals surface area (Å²) in [6, 6.07) is 3.72. The van der Waals surface area contributed by atoms with Crippen molar-refractivity contribution < 1.29 is 9.18 Å². The Bertz CT molecular complexity index is 445. The molecule has 3 nitrogen and oxygen atoms in total. The molecular formula is C13H16ClFN2O. The third-order valence-corrected chi connectivity index (χ3v) is 3.57. The number of likely N-dealkylation sites (tertiary alicyclic amines) is 1. The van der Waals surface area contributed by atoms with Gasteiger partial charge in [0.1, 0.15) is 5.82 Å². The van der Waals surface area contributed by atoms with Gasteiger partial charge in [-0.3, -0.25) is 0 Å². The average Bonchev–Trinajstić information content (AvgIpc) is 2.34. The van der Waals surface area contributed by atoms with Gasteiger partial charge in [-0.2, -0.15) is 0 Å². The lowest BCUT2D eigenvalue weighted by Crippen LogP contribution is -2.40. The second kappa shape index (κ2) is 5.57. The van der Waals surface area contributed by atoms with Gasteiger partial charge < -0.3 is 10.2 Å². The number of rotatable bonds is 1. The van der Waals surface area contributed by atoms with E-state index in [1.807, 2.05) is 0 Å². The minimum atomic E-state index is -0.415. The number of anilines is 1. The van der Waals surface area contributed by atoms with Crippen molar-refractivity contribution in [3.63, 3.8) is 0 Å². The lowest BCUT2D eigenvalue weighted by molar-refractivity contribution is 0.186. The van der Waals surface area contributed by atoms with E-state index in [4.69, 9.17) is 11.6 Å². The molecule has 0 saturated carbocycles. The number of nitrogens with zero attached hydrogens (tertiary/aromatic N) is 1. The van der Waals surface area contributed by atoms with Gasteiger partial charge in [-0.15, -0.1) is 0 Å². The van der Waals surface area contributed by atoms with Crippen LogP contribution >= 0.6 is 11.6 Å². The van der Waals surface area contributed by atoms with Gasteiger partial charge in [0.15, 0.2) is 0 Å². The number of carbonyl (C=O) groups is 1. The van der Waals surface area contributed by atoms with Crippen LogP contribution < -0.4 is 5.32 Å². The molecule has 1 heterocycles. The Hall–Kier alpha value is -1.29. The van der Waals surface area contributed by atoms with Crippen LogP contribution in [0.3, 0.4) is 0 Å². The number of piperidine rings is 1. The van der Waals surface area contributed by atoms with Crippen LogP contribution in [0.5, 0.6) is 0 Å². The third-order valence-electron chi connectivity index (χ3n) is 3.24. The van der Waals surface area contributed by atoms with Crippen LogP contribution in [0.2, 0.25) is 5.02 Å². The first-order valence-corrected chi connectivity index (χ1v) is 6.45. The first-order valence-electron chi connectivity index (χ1n) is 6.07. The molecule has 0 unspecified atom stereocenters. The summed E-state index contributed by atoms with van der Waals surface area (Å²) in [5.41, 5.74) is 0.320. The Labute approximate surface area is 111 Å². The summed E-state index contributed by atoms with van der Waals surface area (Å²) in [6.07, 6.45) is 2.01. The SMILES string of the molecule is CC1CCN(C(=O)Nc2cc(F)ccc2Cl)CC1. The molecule has 2 rings (SSSR count). The number of amides is 2. The fourth-order valence-corrected chi connectivity index (χ4v) is 2.16. The van der Waals surface area contributed by atoms with Crippen LogP contribution in [-0.2, 0) is 0 Å². The van der Waals surface area contributed by atoms with Crippen LogP contribution in [0.15, 0.2) is 18.2 Å². The zero-order chi connectivity index (χ0) is 13.1. The van der Waals surface area contributed by atoms with Crippen molar-refractivity contribution in [3.05, 3.63) is 29.0 Å². The normalized spacial score (nSPS) is 16.7. The molecule has 0 aliphatic carbocycles. The molecule has 0 radical (unpaired) electrons. The Morgan fingerprint density at radius 1 is 1.44 bits per heavy atom. The van der Waals surface area contributed by atoms with E-state index in [1.54, 1.807) is 4.90 Å². The van der Waals surface area contributed by atoms with Crippen LogP contribution in [0.1, 0.15) is 19.8 Å². The molecule has 1 aromatic carbocycles. The standard InChI is InChI=1S/C13H16ClFN2O/c1-9-4-6-17(7-5-9)13(18)16-12-8-10(15)2-3-11(12)14/h2-3,8-9H,4-7H2,1H3,(H,16,18). The lowest BCUT2D eigenvalue weighted by atomic mass is 10.00. The van der Waals surface area contributed by atoms with Crippen molar-refractivity contribution in [2.24, 2.45) is 5.92 Å². The number of urea groups is 1. The topological polar surface area (TPSA) is 32.3 Å². The zero-order valence-corrected chi connectivity index (χ0v) is 11.0. The van der Waals surface area contributed by atoms with E-state index >= 15 is 0 Å². The maximum atomic E-state index is 13.1. The van der Waals surface area contributed by atoms with Crippen molar-refractivity contribution in [1.29, 1.82) is 0 Å². The fraction of sp³-hybridized carbons (Fsp3) is 0.462. The van der Waals surface area contributed by atoms with Gasteiger partial charge in [-0.05, 0) is 37.0 Å². The van der Waals surface area contributed by atoms with Crippen LogP contribution in [0, 0.1) is 11.7 Å². The molecule has 2 amide bonds. The summed E-state index contributed by atoms with van der Waals surface area (Å²) in [4.78, 5) is 13.7. The molecule has 98 valence electrons. The van der Waals surface area contributed by atoms with Crippen molar-refractivity contribution in [2.45, 2.75) is 19.8 Å². The molecule has 1 aliphatic rings. The number of nitrogens with one attached hydrogen (secondary N) is 1. The molecule has 1 aromatic rings. The number of benzene rings is 1. The van der Waals surface area contributed by atoms with Crippen LogP contribution in [-0.4, -0.2) is 24.0 Å². The van der Waals surface area contributed by atoms with Gasteiger partial charge in [-0.25, -0.2) is 9.18 Å². The highest BCUT2D eigenvalue weighted by Gasteiger charge is 2.20. The Morgan fingerprint density at radius 3 is 2.78 bits per heavy atom. The van der Waals surface area contributed by atoms with E-state index in [1.165, 1.54) is 18.2 Å². The molecule has 1 fully saturated rings. The first kappa shape index (κ1) is 13.1. The number of hydrogen-bond acceptors (Lipinski definition) is 1. The minimum absolute atomic E-state index is 0.214. The quantitative estimate of drug-likeness (QED) is 0.828. The fourth-order valence-electron chi connectivity index (χ4n) is 2.00. The second-order valence-electron chi connectivity index (χ2n) is 4.72. The second-order valence-corrected chi connectivity index (χ2v) is 5.13. The smallest absolute Gasteiger partial charge is 0.321 e. The van der Waals surface area contributed by atoms with E-state index < -0.39 is 5.82 Å². The molecule has 18 heavy (non-hydrogen) atoms. The molecule has 1 N–H and O–H groups in total. The molecule has 0 spiro atoms. The summed E-state index contributed by atoms with van der Waals surface area (Å²) >= 11 is 5.90. The largest absolute Gasteiger partial charge is 0.325 e. The summed E-state index contributed by atoms with van der Waals surface area (Å²) in [7, 11) is 0. The van der Waals surface area contributed by atoms with Gasteiger partial charge in [0, 0.05) is 13.1 Å². The molecule has 1 saturated heterocycles. The third kappa shape index (κ3) is 3.13. The van der Waals surface area contributed by atoms with Crippen molar-refractivity contribution in [1.82, 2.24) is 4.90 Å². The summed E-state index contributed by atoms with van der Waals surface area (Å²) in [5, 5.41) is 2.99. The molecule has 0 bridgehead atoms. The molecule has 0 aromatic heterocycles. The molecule has 0 atom stereocenters. The summed E-state index contributed by atoms with van der Waals surface area (Å²) in [5.74, 6) is 0.244. The Morgan fingerprint density at radius 2 is 2.11 bits per heavy atom. The lowest BCUT2D eigenvalue weighted by Gasteiger charge is -2.30. The summed E-state index contributed by atoms with van der Waals surface area (Å²) in [6.45, 7) is 3.65. The Balaban J connectivity index is 2.00. The molecule has 5 heteroatoms. The number of halogens is 2. The zero-order valence-electron chi connectivity index (χ0n) is 10.2. The van der Waals surface area contributed by atoms with Crippen LogP contribution in [0.25, 0.3) is 0 Å². The van der Waals surface area contributed by atoms with Gasteiger partial charge in [0.2, 0.25) is 0 Å². The maximum Gasteiger partial charge on any atom is 0.321 e. The van der Waals surface area contributed by atoms with E-state index in [-0.39, 0.29) is 6.03 Å². The van der Waals surface area contributed by atoms with E-state index in [0.717, 1.165) is 25.9 Å². The highest BCUT2D eigenvalue weighted by Crippen LogP contribution is 2.23. The maximum absolute atomic E-state index is 13.1. The highest BCUT2D eigenvalue weighted by molar-refractivity contribution is 6.33. The van der Waals surface area contributed by atoms with Gasteiger partial charge in [-0.1, -0.05) is 18.5 Å². The van der Waals surface area contributed by atoms with Crippen LogP contribution in [0.4, 0.5) is 14.9 Å². The van der Waals surface area contributed by atoms with Crippen molar-refractivity contribution >= 4 is 23.3 Å². The van der Waals surface area contributed by atoms with Gasteiger partial charge in [0.05, 0.1) is 10.7 Å². The molecule has 1 aliphatic heterocycles. The monoisotopic (exact) mass is 270 g/mol. The first-order chi connectivity index (χ1) is 8.56. The van der Waals surface area contributed by atoms with E-state index in [2.05, 4.69) is 12.2 Å². The van der Waals surface area contributed by atoms with Gasteiger partial charge in [0.25, 0.3) is 0 Å². The minimum Gasteiger partial charge on any atom is -0.325 e.